The van der Waals surface area contributed by atoms with Gasteiger partial charge in [0.2, 0.25) is 5.91 Å². The van der Waals surface area contributed by atoms with Crippen molar-refractivity contribution < 1.29 is 9.53 Å². The highest BCUT2D eigenvalue weighted by atomic mass is 16.5. The van der Waals surface area contributed by atoms with E-state index in [0.29, 0.717) is 12.3 Å². The lowest BCUT2D eigenvalue weighted by atomic mass is 9.86. The van der Waals surface area contributed by atoms with E-state index in [1.54, 1.807) is 0 Å². The van der Waals surface area contributed by atoms with Gasteiger partial charge in [0.15, 0.2) is 0 Å². The van der Waals surface area contributed by atoms with Gasteiger partial charge < -0.3 is 15.0 Å². The first kappa shape index (κ1) is 15.0. The average molecular weight is 314 g/mol. The summed E-state index contributed by atoms with van der Waals surface area (Å²) in [6.45, 7) is 3.29. The van der Waals surface area contributed by atoms with Crippen LogP contribution in [0.2, 0.25) is 0 Å². The molecule has 4 heteroatoms. The van der Waals surface area contributed by atoms with Crippen molar-refractivity contribution in [2.24, 2.45) is 17.8 Å². The number of rotatable bonds is 4. The van der Waals surface area contributed by atoms with Crippen molar-refractivity contribution in [3.8, 4) is 0 Å². The first-order valence-corrected chi connectivity index (χ1v) is 9.01. The Morgan fingerprint density at radius 3 is 2.74 bits per heavy atom. The van der Waals surface area contributed by atoms with Gasteiger partial charge in [-0.05, 0) is 49.1 Å². The number of fused-ring (bicyclic) bond motifs is 2. The summed E-state index contributed by atoms with van der Waals surface area (Å²) < 4.78 is 5.43. The van der Waals surface area contributed by atoms with Crippen molar-refractivity contribution in [3.05, 3.63) is 24.3 Å². The van der Waals surface area contributed by atoms with Gasteiger partial charge in [0.25, 0.3) is 0 Å². The Kier molecular flexibility index (Phi) is 4.25. The third-order valence-electron chi connectivity index (χ3n) is 5.86. The number of ether oxygens (including phenoxy) is 1. The van der Waals surface area contributed by atoms with E-state index in [9.17, 15) is 4.79 Å². The van der Waals surface area contributed by atoms with Crippen LogP contribution in [0.4, 0.5) is 11.4 Å². The number of nitrogens with one attached hydrogen (secondary N) is 1. The van der Waals surface area contributed by atoms with Gasteiger partial charge in [-0.15, -0.1) is 0 Å². The van der Waals surface area contributed by atoms with E-state index in [2.05, 4.69) is 16.3 Å². The van der Waals surface area contributed by atoms with E-state index >= 15 is 0 Å². The minimum absolute atomic E-state index is 0.184. The van der Waals surface area contributed by atoms with Crippen LogP contribution in [0.5, 0.6) is 0 Å². The van der Waals surface area contributed by atoms with Gasteiger partial charge in [-0.2, -0.15) is 0 Å². The quantitative estimate of drug-likeness (QED) is 0.927. The number of hydrogen-bond acceptors (Lipinski definition) is 3. The smallest absolute Gasteiger partial charge is 0.224 e. The molecule has 23 heavy (non-hydrogen) atoms. The summed E-state index contributed by atoms with van der Waals surface area (Å²) in [5.74, 6) is 2.51. The number of hydrogen-bond donors (Lipinski definition) is 1. The molecular weight excluding hydrogens is 288 g/mol. The van der Waals surface area contributed by atoms with Crippen LogP contribution >= 0.6 is 0 Å². The number of nitrogens with zero attached hydrogens (tertiary/aromatic N) is 1. The van der Waals surface area contributed by atoms with E-state index in [0.717, 1.165) is 49.5 Å². The third kappa shape index (κ3) is 3.23. The van der Waals surface area contributed by atoms with Crippen molar-refractivity contribution in [1.82, 2.24) is 0 Å². The summed E-state index contributed by atoms with van der Waals surface area (Å²) in [5.41, 5.74) is 2.07. The van der Waals surface area contributed by atoms with E-state index in [1.165, 1.54) is 25.7 Å². The highest BCUT2D eigenvalue weighted by Gasteiger charge is 2.40. The van der Waals surface area contributed by atoms with Crippen LogP contribution < -0.4 is 10.2 Å². The van der Waals surface area contributed by atoms with Crippen molar-refractivity contribution in [3.63, 3.8) is 0 Å². The summed E-state index contributed by atoms with van der Waals surface area (Å²) in [7, 11) is 0. The second-order valence-electron chi connectivity index (χ2n) is 7.30. The summed E-state index contributed by atoms with van der Waals surface area (Å²) in [6, 6.07) is 8.15. The highest BCUT2D eigenvalue weighted by Crippen LogP contribution is 2.49. The van der Waals surface area contributed by atoms with E-state index in [-0.39, 0.29) is 5.91 Å². The average Bonchev–Trinajstić information content (AvgIpc) is 3.19. The number of para-hydroxylation sites is 2. The standard InChI is InChI=1S/C19H26N2O2/c22-19(13-16-12-14-5-6-15(16)11-14)20-17-3-1-2-4-18(17)21-7-9-23-10-8-21/h1-4,14-16H,5-13H2,(H,20,22)/t14-,15+,16-/m0/s1. The predicted octanol–water partition coefficient (Wildman–Crippen LogP) is 3.29. The van der Waals surface area contributed by atoms with Gasteiger partial charge in [0.05, 0.1) is 24.6 Å². The number of benzene rings is 1. The third-order valence-corrected chi connectivity index (χ3v) is 5.86. The van der Waals surface area contributed by atoms with Crippen LogP contribution in [0.1, 0.15) is 32.1 Å². The molecule has 0 radical (unpaired) electrons. The van der Waals surface area contributed by atoms with Gasteiger partial charge >= 0.3 is 0 Å². The first-order valence-electron chi connectivity index (χ1n) is 9.01. The highest BCUT2D eigenvalue weighted by molar-refractivity contribution is 5.94. The lowest BCUT2D eigenvalue weighted by Gasteiger charge is -2.30. The largest absolute Gasteiger partial charge is 0.378 e. The Morgan fingerprint density at radius 2 is 2.00 bits per heavy atom. The number of morpholine rings is 1. The lowest BCUT2D eigenvalue weighted by Crippen LogP contribution is -2.36. The Hall–Kier alpha value is -1.55. The Morgan fingerprint density at radius 1 is 1.17 bits per heavy atom. The molecule has 0 spiro atoms. The summed E-state index contributed by atoms with van der Waals surface area (Å²) in [5, 5.41) is 3.17. The molecule has 124 valence electrons. The molecule has 1 aliphatic heterocycles. The van der Waals surface area contributed by atoms with Crippen LogP contribution in [0.25, 0.3) is 0 Å². The summed E-state index contributed by atoms with van der Waals surface area (Å²) >= 11 is 0. The zero-order chi connectivity index (χ0) is 15.6. The Labute approximate surface area is 138 Å². The molecule has 1 aromatic carbocycles. The van der Waals surface area contributed by atoms with Crippen LogP contribution in [0, 0.1) is 17.8 Å². The summed E-state index contributed by atoms with van der Waals surface area (Å²) in [6.07, 6.45) is 6.06. The minimum Gasteiger partial charge on any atom is -0.378 e. The predicted molar refractivity (Wildman–Crippen MR) is 91.7 cm³/mol. The topological polar surface area (TPSA) is 41.6 Å². The monoisotopic (exact) mass is 314 g/mol. The zero-order valence-electron chi connectivity index (χ0n) is 13.7. The van der Waals surface area contributed by atoms with Crippen LogP contribution in [-0.2, 0) is 9.53 Å². The molecule has 0 aromatic heterocycles. The van der Waals surface area contributed by atoms with Crippen LogP contribution in [-0.4, -0.2) is 32.2 Å². The van der Waals surface area contributed by atoms with Gasteiger partial charge in [0.1, 0.15) is 0 Å². The molecule has 4 rings (SSSR count). The van der Waals surface area contributed by atoms with Gasteiger partial charge in [0, 0.05) is 19.5 Å². The van der Waals surface area contributed by atoms with Crippen molar-refractivity contribution in [2.45, 2.75) is 32.1 Å². The lowest BCUT2D eigenvalue weighted by molar-refractivity contribution is -0.117. The molecular formula is C19H26N2O2. The van der Waals surface area contributed by atoms with Crippen molar-refractivity contribution in [2.75, 3.05) is 36.5 Å². The number of carbonyl (C=O) groups excluding carboxylic acids is 1. The fourth-order valence-corrected chi connectivity index (χ4v) is 4.73. The maximum absolute atomic E-state index is 12.5. The molecule has 1 amide bonds. The molecule has 2 saturated carbocycles. The van der Waals surface area contributed by atoms with Gasteiger partial charge in [-0.1, -0.05) is 18.6 Å². The first-order chi connectivity index (χ1) is 11.3. The van der Waals surface area contributed by atoms with Crippen molar-refractivity contribution in [1.29, 1.82) is 0 Å². The second-order valence-corrected chi connectivity index (χ2v) is 7.30. The molecule has 3 aliphatic rings. The van der Waals surface area contributed by atoms with E-state index in [1.807, 2.05) is 18.2 Å². The van der Waals surface area contributed by atoms with Crippen LogP contribution in [0.15, 0.2) is 24.3 Å². The maximum atomic E-state index is 12.5. The van der Waals surface area contributed by atoms with E-state index < -0.39 is 0 Å². The van der Waals surface area contributed by atoms with Gasteiger partial charge in [-0.25, -0.2) is 0 Å². The van der Waals surface area contributed by atoms with Gasteiger partial charge in [-0.3, -0.25) is 4.79 Å². The molecule has 1 saturated heterocycles. The van der Waals surface area contributed by atoms with Crippen molar-refractivity contribution >= 4 is 17.3 Å². The molecule has 3 atom stereocenters. The number of carbonyl (C=O) groups is 1. The SMILES string of the molecule is O=C(C[C@@H]1C[C@H]2CC[C@@H]1C2)Nc1ccccc1N1CCOCC1. The Balaban J connectivity index is 1.41. The zero-order valence-corrected chi connectivity index (χ0v) is 13.7. The fraction of sp³-hybridized carbons (Fsp3) is 0.632. The maximum Gasteiger partial charge on any atom is 0.224 e. The fourth-order valence-electron chi connectivity index (χ4n) is 4.73. The normalized spacial score (nSPS) is 29.7. The molecule has 1 heterocycles. The molecule has 2 aliphatic carbocycles. The number of amides is 1. The molecule has 0 unspecified atom stereocenters. The molecule has 2 bridgehead atoms. The van der Waals surface area contributed by atoms with Crippen LogP contribution in [0.3, 0.4) is 0 Å². The molecule has 1 aromatic rings. The molecule has 4 nitrogen and oxygen atoms in total. The second kappa shape index (κ2) is 6.52. The van der Waals surface area contributed by atoms with E-state index in [4.69, 9.17) is 4.74 Å². The number of anilines is 2. The summed E-state index contributed by atoms with van der Waals surface area (Å²) in [4.78, 5) is 14.8. The molecule has 1 N–H and O–H groups in total. The minimum atomic E-state index is 0.184. The molecule has 3 fully saturated rings. The Bertz CT molecular complexity index is 568.